The van der Waals surface area contributed by atoms with Crippen molar-refractivity contribution in [1.29, 1.82) is 0 Å². The van der Waals surface area contributed by atoms with E-state index in [0.29, 0.717) is 0 Å². The quantitative estimate of drug-likeness (QED) is 0.0788. The van der Waals surface area contributed by atoms with Gasteiger partial charge < -0.3 is 30.1 Å². The zero-order valence-electron chi connectivity index (χ0n) is 50.6. The maximum absolute atomic E-state index is 10.0. The SMILES string of the molecule is CC(=O)C=C(C)O.CC(=O)C=C(C)O.Cc1ccccc1-c1c[c-]c(-c2ccccn2)cc1.[Ir].[Ir].[Ir].[Ir].[c-]1cc(-c2ccccc2)ccc1-c1ccccn1.[c-]1cc(-c2ccccc2)ccc1-c1ccccn1.[c-]1ccc(-c2ccccc2)cc1-c1ccccn1. The molecule has 0 bridgehead atoms. The van der Waals surface area contributed by atoms with Crippen LogP contribution in [0.4, 0.5) is 0 Å². The molecule has 0 atom stereocenters. The number of allylic oxidation sites excluding steroid dienone is 4. The van der Waals surface area contributed by atoms with Crippen molar-refractivity contribution in [2.75, 3.05) is 0 Å². The second-order valence-electron chi connectivity index (χ2n) is 19.5. The molecule has 12 rings (SSSR count). The summed E-state index contributed by atoms with van der Waals surface area (Å²) in [7, 11) is 0. The molecule has 4 aromatic heterocycles. The Kier molecular flexibility index (Phi) is 35.7. The van der Waals surface area contributed by atoms with Crippen LogP contribution in [0.15, 0.2) is 309 Å². The Balaban J connectivity index is 0.000000292. The van der Waals surface area contributed by atoms with E-state index in [4.69, 9.17) is 10.2 Å². The number of aliphatic hydroxyl groups excluding tert-OH is 2. The van der Waals surface area contributed by atoms with Gasteiger partial charge in [-0.15, -0.1) is 125 Å². The Bertz CT molecular complexity index is 3710. The summed E-state index contributed by atoms with van der Waals surface area (Å²) in [5.41, 5.74) is 18.8. The Hall–Kier alpha value is -8.62. The number of carbonyl (C=O) groups excluding carboxylic acids is 2. The minimum atomic E-state index is -0.125. The van der Waals surface area contributed by atoms with Crippen LogP contribution in [0.25, 0.3) is 89.5 Å². The smallest absolute Gasteiger partial charge is 0.155 e. The Morgan fingerprint density at radius 2 is 0.648 bits per heavy atom. The second-order valence-corrected chi connectivity index (χ2v) is 19.5. The molecule has 12 heteroatoms. The summed E-state index contributed by atoms with van der Waals surface area (Å²) in [4.78, 5) is 37.4. The van der Waals surface area contributed by atoms with Crippen molar-refractivity contribution in [2.45, 2.75) is 34.6 Å². The van der Waals surface area contributed by atoms with Gasteiger partial charge in [-0.2, -0.15) is 0 Å². The van der Waals surface area contributed by atoms with E-state index >= 15 is 0 Å². The number of nitrogens with zero attached hydrogens (tertiary/aromatic N) is 4. The van der Waals surface area contributed by atoms with E-state index < -0.39 is 0 Å². The van der Waals surface area contributed by atoms with Crippen LogP contribution < -0.4 is 0 Å². The fraction of sp³-hybridized carbons (Fsp3) is 0.0633. The Labute approximate surface area is 589 Å². The Morgan fingerprint density at radius 1 is 0.330 bits per heavy atom. The summed E-state index contributed by atoms with van der Waals surface area (Å²) in [6.45, 7) is 7.82. The van der Waals surface area contributed by atoms with E-state index in [1.54, 1.807) is 24.8 Å². The average Bonchev–Trinajstić information content (AvgIpc) is 2.47. The summed E-state index contributed by atoms with van der Waals surface area (Å²) < 4.78 is 0. The Morgan fingerprint density at radius 3 is 0.945 bits per heavy atom. The molecule has 4 radical (unpaired) electrons. The first-order chi connectivity index (χ1) is 42.4. The van der Waals surface area contributed by atoms with Gasteiger partial charge in [0.25, 0.3) is 0 Å². The minimum Gasteiger partial charge on any atom is -0.512 e. The van der Waals surface area contributed by atoms with Crippen LogP contribution in [0.2, 0.25) is 0 Å². The van der Waals surface area contributed by atoms with Gasteiger partial charge in [0, 0.05) is 117 Å². The van der Waals surface area contributed by atoms with Crippen molar-refractivity contribution in [3.8, 4) is 89.5 Å². The van der Waals surface area contributed by atoms with Gasteiger partial charge in [0.2, 0.25) is 0 Å². The number of carbonyl (C=O) groups is 2. The normalized spacial score (nSPS) is 9.99. The summed E-state index contributed by atoms with van der Waals surface area (Å²) in [6.07, 6.45) is 9.54. The van der Waals surface area contributed by atoms with Gasteiger partial charge in [-0.05, 0) is 87.2 Å². The van der Waals surface area contributed by atoms with Gasteiger partial charge >= 0.3 is 0 Å². The third-order valence-electron chi connectivity index (χ3n) is 12.6. The van der Waals surface area contributed by atoms with E-state index in [9.17, 15) is 9.59 Å². The van der Waals surface area contributed by atoms with Crippen LogP contribution in [0.5, 0.6) is 0 Å². The predicted molar refractivity (Wildman–Crippen MR) is 355 cm³/mol. The van der Waals surface area contributed by atoms with Crippen molar-refractivity contribution < 1.29 is 100 Å². The number of hydrogen-bond acceptors (Lipinski definition) is 8. The molecule has 0 fully saturated rings. The molecule has 91 heavy (non-hydrogen) atoms. The molecule has 4 heterocycles. The van der Waals surface area contributed by atoms with E-state index in [2.05, 4.69) is 160 Å². The average molecular weight is 1900 g/mol. The number of ketones is 2. The summed E-state index contributed by atoms with van der Waals surface area (Å²) in [5.74, 6) is -0.125. The fourth-order valence-electron chi connectivity index (χ4n) is 8.54. The molecule has 0 aliphatic rings. The van der Waals surface area contributed by atoms with E-state index in [1.807, 2.05) is 152 Å². The zero-order valence-corrected chi connectivity index (χ0v) is 60.2. The number of hydrogen-bond donors (Lipinski definition) is 2. The topological polar surface area (TPSA) is 126 Å². The number of aliphatic hydroxyl groups is 2. The molecule has 0 aliphatic heterocycles. The molecule has 0 unspecified atom stereocenters. The van der Waals surface area contributed by atoms with Crippen LogP contribution in [0.1, 0.15) is 33.3 Å². The van der Waals surface area contributed by atoms with Crippen LogP contribution >= 0.6 is 0 Å². The molecule has 0 saturated carbocycles. The van der Waals surface area contributed by atoms with Crippen molar-refractivity contribution in [3.63, 3.8) is 0 Å². The van der Waals surface area contributed by atoms with Crippen LogP contribution in [0.3, 0.4) is 0 Å². The first-order valence-corrected chi connectivity index (χ1v) is 28.1. The molecule has 466 valence electrons. The number of benzene rings is 8. The van der Waals surface area contributed by atoms with Crippen molar-refractivity contribution in [1.82, 2.24) is 19.9 Å². The summed E-state index contributed by atoms with van der Waals surface area (Å²) >= 11 is 0. The fourth-order valence-corrected chi connectivity index (χ4v) is 8.54. The molecule has 8 aromatic carbocycles. The van der Waals surface area contributed by atoms with Crippen LogP contribution in [0, 0.1) is 31.2 Å². The van der Waals surface area contributed by atoms with Gasteiger partial charge in [0.05, 0.1) is 11.5 Å². The van der Waals surface area contributed by atoms with E-state index in [-0.39, 0.29) is 104 Å². The molecular formula is C79H66Ir4N4O4-4. The van der Waals surface area contributed by atoms with Gasteiger partial charge in [-0.3, -0.25) is 9.59 Å². The van der Waals surface area contributed by atoms with Gasteiger partial charge in [-0.25, -0.2) is 0 Å². The maximum atomic E-state index is 10.0. The molecule has 0 saturated heterocycles. The molecule has 0 amide bonds. The molecular weight excluding hydrogens is 1840 g/mol. The minimum absolute atomic E-state index is 0. The molecule has 0 spiro atoms. The predicted octanol–water partition coefficient (Wildman–Crippen LogP) is 19.2. The largest absolute Gasteiger partial charge is 0.512 e. The van der Waals surface area contributed by atoms with Gasteiger partial charge in [0.15, 0.2) is 11.6 Å². The first kappa shape index (κ1) is 76.6. The van der Waals surface area contributed by atoms with Gasteiger partial charge in [-0.1, -0.05) is 203 Å². The summed E-state index contributed by atoms with van der Waals surface area (Å²) in [6, 6.07) is 101. The number of aryl methyl sites for hydroxylation is 1. The number of aromatic nitrogens is 4. The number of pyridine rings is 4. The molecule has 2 N–H and O–H groups in total. The van der Waals surface area contributed by atoms with Crippen LogP contribution in [-0.2, 0) is 90.0 Å². The van der Waals surface area contributed by atoms with E-state index in [0.717, 1.165) is 45.0 Å². The van der Waals surface area contributed by atoms with Crippen molar-refractivity contribution >= 4 is 11.6 Å². The standard InChI is InChI=1S/C18H14N.3C17H12N.2C5H8O2.4Ir/c1-14-6-2-3-7-17(14)15-9-11-16(12-10-15)18-8-4-5-13-19-18;1-2-7-14(8-3-1)15-9-6-10-16(13-15)17-11-4-5-12-18-17;2*1-2-6-14(7-3-1)15-9-11-16(12-10-15)17-8-4-5-13-18-17;2*1-4(6)3-5(2)7;;;;/h2-11,13H,1H3;1-9,11-13H;2*1-11,13H;2*3,6H,1-2H3;;;;/q4*-1;;;;;;. The van der Waals surface area contributed by atoms with Crippen molar-refractivity contribution in [3.05, 3.63) is 339 Å². The summed E-state index contributed by atoms with van der Waals surface area (Å²) in [5, 5.41) is 16.7. The monoisotopic (exact) mass is 1910 g/mol. The molecule has 12 aromatic rings. The number of rotatable bonds is 10. The van der Waals surface area contributed by atoms with Crippen molar-refractivity contribution in [2.24, 2.45) is 0 Å². The second kappa shape index (κ2) is 42.4. The van der Waals surface area contributed by atoms with E-state index in [1.165, 1.54) is 89.9 Å². The first-order valence-electron chi connectivity index (χ1n) is 28.1. The zero-order chi connectivity index (χ0) is 61.4. The van der Waals surface area contributed by atoms with Gasteiger partial charge in [0.1, 0.15) is 0 Å². The maximum Gasteiger partial charge on any atom is 0.155 e. The molecule has 8 nitrogen and oxygen atoms in total. The third-order valence-corrected chi connectivity index (χ3v) is 12.6. The molecule has 0 aliphatic carbocycles. The van der Waals surface area contributed by atoms with Crippen LogP contribution in [-0.4, -0.2) is 41.7 Å². The third kappa shape index (κ3) is 26.8.